The lowest BCUT2D eigenvalue weighted by molar-refractivity contribution is 0.660. The number of furan rings is 1. The summed E-state index contributed by atoms with van der Waals surface area (Å²) in [4.78, 5) is 0. The summed E-state index contributed by atoms with van der Waals surface area (Å²) in [5.41, 5.74) is 23.5. The predicted octanol–water partition coefficient (Wildman–Crippen LogP) is -1.25. The van der Waals surface area contributed by atoms with Crippen LogP contribution in [0.25, 0.3) is 87.6 Å². The molecule has 10 rings (SSSR count). The quantitative estimate of drug-likeness (QED) is 0.165. The zero-order valence-corrected chi connectivity index (χ0v) is 33.1. The number of hydrogen-bond acceptors (Lipinski definition) is 1. The monoisotopic (exact) mass is 682 g/mol. The number of fused-ring (bicyclic) bond motifs is 10. The van der Waals surface area contributed by atoms with E-state index in [1.807, 2.05) is 0 Å². The molecule has 1 aromatic heterocycles. The molecular weight excluding hydrogens is 643 g/mol. The molecule has 0 N–H and O–H groups in total. The van der Waals surface area contributed by atoms with Gasteiger partial charge in [0.05, 0.1) is 0 Å². The number of hydrogen-bond donors (Lipinski definition) is 0. The first-order valence-electron chi connectivity index (χ1n) is 19.4. The standard InChI is InChI=1S/C45H38B8O/c1-45(2)27-10-6-5-9-23(27)24-14-12-21(18-28(24)45)31-34-32(36(46)40(50)42(52)38(34)48)30(33-35(31)39(49)43(53)41(51)37(33)47)20-13-16-29-26(17-20)25-15-11-19-7-3-4-8-22(19)44(25)54-29/h3-18H,46-53H2,1-2H3. The van der Waals surface area contributed by atoms with E-state index in [0.717, 1.165) is 27.3 Å². The Balaban J connectivity index is 1.39. The first kappa shape index (κ1) is 33.4. The zero-order valence-electron chi connectivity index (χ0n) is 33.1. The van der Waals surface area contributed by atoms with Crippen LogP contribution in [-0.2, 0) is 5.41 Å². The van der Waals surface area contributed by atoms with E-state index in [4.69, 9.17) is 4.42 Å². The van der Waals surface area contributed by atoms with E-state index in [0.29, 0.717) is 0 Å². The van der Waals surface area contributed by atoms with Crippen molar-refractivity contribution >= 4 is 161 Å². The van der Waals surface area contributed by atoms with E-state index in [2.05, 4.69) is 174 Å². The first-order chi connectivity index (χ1) is 25.9. The number of benzene rings is 8. The van der Waals surface area contributed by atoms with Crippen LogP contribution in [0.4, 0.5) is 0 Å². The van der Waals surface area contributed by atoms with Gasteiger partial charge in [0.1, 0.15) is 73.9 Å². The van der Waals surface area contributed by atoms with Gasteiger partial charge in [0.15, 0.2) is 0 Å². The average molecular weight is 681 g/mol. The van der Waals surface area contributed by atoms with Crippen LogP contribution in [0.15, 0.2) is 101 Å². The lowest BCUT2D eigenvalue weighted by Crippen LogP contribution is -2.50. The molecule has 248 valence electrons. The molecular formula is C45H38B8O. The third-order valence-corrected chi connectivity index (χ3v) is 13.9. The SMILES string of the molecule is Bc1c(B)c(B)c2c(-c3ccc4oc5c6ccccc6ccc5c4c3)c3c(B)c(B)c(B)c(B)c3c(-c3ccc4c(c3)C(C)(C)c3ccccc3-4)c2c1B. The average Bonchev–Trinajstić information content (AvgIpc) is 3.68. The third-order valence-electron chi connectivity index (χ3n) is 13.9. The Hall–Kier alpha value is -5.14. The molecule has 0 aliphatic heterocycles. The minimum Gasteiger partial charge on any atom is -0.455 e. The molecule has 0 atom stereocenters. The van der Waals surface area contributed by atoms with Gasteiger partial charge >= 0.3 is 0 Å². The largest absolute Gasteiger partial charge is 0.455 e. The summed E-state index contributed by atoms with van der Waals surface area (Å²) in [5, 5.41) is 10.2. The van der Waals surface area contributed by atoms with Gasteiger partial charge in [0.25, 0.3) is 0 Å². The fourth-order valence-corrected chi connectivity index (χ4v) is 10.2. The normalized spacial score (nSPS) is 13.4. The van der Waals surface area contributed by atoms with Crippen molar-refractivity contribution in [2.75, 3.05) is 0 Å². The molecule has 1 aliphatic carbocycles. The molecule has 1 aliphatic rings. The van der Waals surface area contributed by atoms with E-state index >= 15 is 0 Å². The lowest BCUT2D eigenvalue weighted by atomic mass is 9.59. The van der Waals surface area contributed by atoms with E-state index in [1.165, 1.54) is 115 Å². The summed E-state index contributed by atoms with van der Waals surface area (Å²) >= 11 is 0. The molecule has 0 radical (unpaired) electrons. The summed E-state index contributed by atoms with van der Waals surface area (Å²) in [6.45, 7) is 4.79. The molecule has 0 unspecified atom stereocenters. The molecule has 8 aromatic carbocycles. The van der Waals surface area contributed by atoms with Crippen LogP contribution in [0.5, 0.6) is 0 Å². The van der Waals surface area contributed by atoms with Gasteiger partial charge < -0.3 is 4.42 Å². The van der Waals surface area contributed by atoms with Gasteiger partial charge in [0.2, 0.25) is 0 Å². The molecule has 0 spiro atoms. The highest BCUT2D eigenvalue weighted by Gasteiger charge is 2.36. The maximum absolute atomic E-state index is 6.64. The topological polar surface area (TPSA) is 13.1 Å². The van der Waals surface area contributed by atoms with Crippen LogP contribution in [-0.4, -0.2) is 62.8 Å². The van der Waals surface area contributed by atoms with Crippen molar-refractivity contribution < 1.29 is 4.42 Å². The van der Waals surface area contributed by atoms with Crippen LogP contribution in [0.1, 0.15) is 25.0 Å². The van der Waals surface area contributed by atoms with Crippen molar-refractivity contribution in [3.8, 4) is 33.4 Å². The van der Waals surface area contributed by atoms with Gasteiger partial charge in [-0.3, -0.25) is 0 Å². The van der Waals surface area contributed by atoms with Crippen LogP contribution in [0, 0.1) is 0 Å². The molecule has 1 heterocycles. The second kappa shape index (κ2) is 11.4. The Morgan fingerprint density at radius 3 is 1.57 bits per heavy atom. The van der Waals surface area contributed by atoms with Crippen LogP contribution in [0.3, 0.4) is 0 Å². The Morgan fingerprint density at radius 1 is 0.426 bits per heavy atom. The maximum Gasteiger partial charge on any atom is 0.143 e. The van der Waals surface area contributed by atoms with E-state index < -0.39 is 0 Å². The fourth-order valence-electron chi connectivity index (χ4n) is 10.2. The van der Waals surface area contributed by atoms with Gasteiger partial charge in [0, 0.05) is 21.6 Å². The molecule has 0 amide bonds. The number of rotatable bonds is 2. The second-order valence-corrected chi connectivity index (χ2v) is 16.7. The Bertz CT molecular complexity index is 3090. The smallest absolute Gasteiger partial charge is 0.143 e. The Morgan fingerprint density at radius 2 is 0.944 bits per heavy atom. The Kier molecular flexibility index (Phi) is 7.08. The lowest BCUT2D eigenvalue weighted by Gasteiger charge is -2.28. The molecule has 0 bridgehead atoms. The molecule has 54 heavy (non-hydrogen) atoms. The van der Waals surface area contributed by atoms with Gasteiger partial charge in [-0.05, 0) is 95.7 Å². The van der Waals surface area contributed by atoms with Crippen LogP contribution >= 0.6 is 0 Å². The van der Waals surface area contributed by atoms with Crippen molar-refractivity contribution in [2.45, 2.75) is 19.3 Å². The summed E-state index contributed by atoms with van der Waals surface area (Å²) in [6, 6.07) is 36.3. The van der Waals surface area contributed by atoms with Crippen molar-refractivity contribution in [2.24, 2.45) is 0 Å². The summed E-state index contributed by atoms with van der Waals surface area (Å²) in [6.07, 6.45) is 0. The predicted molar refractivity (Wildman–Crippen MR) is 260 cm³/mol. The second-order valence-electron chi connectivity index (χ2n) is 16.7. The van der Waals surface area contributed by atoms with Gasteiger partial charge in [-0.2, -0.15) is 0 Å². The zero-order chi connectivity index (χ0) is 37.5. The maximum atomic E-state index is 6.64. The molecule has 0 saturated carbocycles. The van der Waals surface area contributed by atoms with E-state index in [-0.39, 0.29) is 5.41 Å². The minimum atomic E-state index is -0.0868. The fraction of sp³-hybridized carbons (Fsp3) is 0.0667. The molecule has 9 aromatic rings. The molecule has 0 saturated heterocycles. The third kappa shape index (κ3) is 4.27. The van der Waals surface area contributed by atoms with Crippen LogP contribution < -0.4 is 43.7 Å². The highest BCUT2D eigenvalue weighted by Crippen LogP contribution is 2.51. The van der Waals surface area contributed by atoms with Crippen molar-refractivity contribution in [3.05, 3.63) is 108 Å². The Labute approximate surface area is 324 Å². The van der Waals surface area contributed by atoms with E-state index in [9.17, 15) is 0 Å². The highest BCUT2D eigenvalue weighted by atomic mass is 16.3. The van der Waals surface area contributed by atoms with Crippen molar-refractivity contribution in [1.82, 2.24) is 0 Å². The summed E-state index contributed by atoms with van der Waals surface area (Å²) in [5.74, 6) is 0. The minimum absolute atomic E-state index is 0.0868. The van der Waals surface area contributed by atoms with Crippen molar-refractivity contribution in [1.29, 1.82) is 0 Å². The summed E-state index contributed by atoms with van der Waals surface area (Å²) in [7, 11) is 18.7. The van der Waals surface area contributed by atoms with Crippen LogP contribution in [0.2, 0.25) is 0 Å². The van der Waals surface area contributed by atoms with Gasteiger partial charge in [-0.25, -0.2) is 0 Å². The highest BCUT2D eigenvalue weighted by molar-refractivity contribution is 6.71. The molecule has 9 heteroatoms. The summed E-state index contributed by atoms with van der Waals surface area (Å²) < 4.78 is 6.64. The molecule has 0 fully saturated rings. The van der Waals surface area contributed by atoms with E-state index in [1.54, 1.807) is 0 Å². The molecule has 1 nitrogen and oxygen atoms in total. The van der Waals surface area contributed by atoms with Crippen molar-refractivity contribution in [3.63, 3.8) is 0 Å². The van der Waals surface area contributed by atoms with Gasteiger partial charge in [-0.15, -0.1) is 21.9 Å². The van der Waals surface area contributed by atoms with Gasteiger partial charge in [-0.1, -0.05) is 108 Å². The first-order valence-corrected chi connectivity index (χ1v) is 19.4.